The van der Waals surface area contributed by atoms with Crippen molar-refractivity contribution in [2.45, 2.75) is 77.2 Å². The minimum Gasteiger partial charge on any atom is -0.481 e. The fraction of sp³-hybridized carbons (Fsp3) is 0.933. The molecule has 1 aliphatic carbocycles. The summed E-state index contributed by atoms with van der Waals surface area (Å²) in [6, 6.07) is 0. The van der Waals surface area contributed by atoms with Crippen LogP contribution in [-0.2, 0) is 4.79 Å². The van der Waals surface area contributed by atoms with Gasteiger partial charge in [-0.3, -0.25) is 4.79 Å². The highest BCUT2D eigenvalue weighted by Gasteiger charge is 2.26. The number of unbranched alkanes of at least 4 members (excludes halogenated alkanes) is 2. The fourth-order valence-electron chi connectivity index (χ4n) is 3.05. The van der Waals surface area contributed by atoms with Crippen LogP contribution >= 0.6 is 0 Å². The van der Waals surface area contributed by atoms with Crippen molar-refractivity contribution >= 4 is 5.97 Å². The highest BCUT2D eigenvalue weighted by Crippen LogP contribution is 2.34. The lowest BCUT2D eigenvalue weighted by Crippen LogP contribution is -2.26. The van der Waals surface area contributed by atoms with Crippen LogP contribution in [0, 0.1) is 11.8 Å². The third-order valence-corrected chi connectivity index (χ3v) is 4.31. The molecule has 3 nitrogen and oxygen atoms in total. The Labute approximate surface area is 111 Å². The number of carbonyl (C=O) groups is 1. The zero-order valence-corrected chi connectivity index (χ0v) is 11.6. The van der Waals surface area contributed by atoms with Crippen molar-refractivity contribution in [2.24, 2.45) is 11.8 Å². The van der Waals surface area contributed by atoms with Crippen LogP contribution in [0.5, 0.6) is 0 Å². The largest absolute Gasteiger partial charge is 0.481 e. The van der Waals surface area contributed by atoms with Crippen molar-refractivity contribution in [1.82, 2.24) is 0 Å². The third-order valence-electron chi connectivity index (χ3n) is 4.31. The third kappa shape index (κ3) is 5.85. The molecule has 0 bridgehead atoms. The lowest BCUT2D eigenvalue weighted by Gasteiger charge is -2.31. The van der Waals surface area contributed by atoms with Crippen LogP contribution in [0.3, 0.4) is 0 Å². The first-order valence-corrected chi connectivity index (χ1v) is 7.53. The van der Waals surface area contributed by atoms with E-state index in [0.29, 0.717) is 12.3 Å². The maximum Gasteiger partial charge on any atom is 0.303 e. The van der Waals surface area contributed by atoms with Crippen LogP contribution in [0.25, 0.3) is 0 Å². The van der Waals surface area contributed by atoms with E-state index < -0.39 is 12.1 Å². The molecule has 0 heterocycles. The van der Waals surface area contributed by atoms with Gasteiger partial charge in [0.2, 0.25) is 0 Å². The molecule has 0 aromatic rings. The van der Waals surface area contributed by atoms with Crippen molar-refractivity contribution in [1.29, 1.82) is 0 Å². The van der Waals surface area contributed by atoms with Crippen molar-refractivity contribution < 1.29 is 15.0 Å². The second-order valence-electron chi connectivity index (χ2n) is 5.78. The summed E-state index contributed by atoms with van der Waals surface area (Å²) >= 11 is 0. The van der Waals surface area contributed by atoms with Gasteiger partial charge < -0.3 is 10.2 Å². The molecule has 0 aromatic heterocycles. The molecule has 0 spiro atoms. The van der Waals surface area contributed by atoms with Gasteiger partial charge in [-0.05, 0) is 31.1 Å². The molecule has 0 saturated heterocycles. The molecule has 0 amide bonds. The monoisotopic (exact) mass is 256 g/mol. The summed E-state index contributed by atoms with van der Waals surface area (Å²) in [5, 5.41) is 18.6. The number of carboxylic acid groups (broad SMARTS) is 1. The molecule has 3 heteroatoms. The molecule has 1 atom stereocenters. The second kappa shape index (κ2) is 8.52. The molecule has 0 aliphatic heterocycles. The molecule has 0 radical (unpaired) electrons. The number of carboxylic acids is 1. The number of hydrogen-bond acceptors (Lipinski definition) is 2. The van der Waals surface area contributed by atoms with Crippen LogP contribution < -0.4 is 0 Å². The molecule has 1 saturated carbocycles. The predicted molar refractivity (Wildman–Crippen MR) is 72.5 cm³/mol. The van der Waals surface area contributed by atoms with Crippen LogP contribution in [0.1, 0.15) is 71.1 Å². The van der Waals surface area contributed by atoms with E-state index in [-0.39, 0.29) is 6.42 Å². The number of aliphatic hydroxyl groups is 1. The van der Waals surface area contributed by atoms with E-state index in [1.54, 1.807) is 0 Å². The summed E-state index contributed by atoms with van der Waals surface area (Å²) in [6.45, 7) is 2.23. The average Bonchev–Trinajstić information content (AvgIpc) is 2.37. The minimum atomic E-state index is -0.803. The second-order valence-corrected chi connectivity index (χ2v) is 5.78. The maximum atomic E-state index is 10.5. The Kier molecular flexibility index (Phi) is 7.33. The number of rotatable bonds is 8. The van der Waals surface area contributed by atoms with E-state index >= 15 is 0 Å². The topological polar surface area (TPSA) is 57.5 Å². The first-order chi connectivity index (χ1) is 8.63. The molecule has 1 fully saturated rings. The SMILES string of the molecule is CCCCCC1CCC(C(O)CCC(=O)O)CC1. The Bertz CT molecular complexity index is 232. The summed E-state index contributed by atoms with van der Waals surface area (Å²) in [5.41, 5.74) is 0. The zero-order valence-electron chi connectivity index (χ0n) is 11.6. The molecule has 106 valence electrons. The summed E-state index contributed by atoms with van der Waals surface area (Å²) in [6.07, 6.45) is 10.0. The Morgan fingerprint density at radius 2 is 1.89 bits per heavy atom. The first kappa shape index (κ1) is 15.5. The number of hydrogen-bond donors (Lipinski definition) is 2. The Balaban J connectivity index is 2.15. The van der Waals surface area contributed by atoms with Gasteiger partial charge in [0.1, 0.15) is 0 Å². The summed E-state index contributed by atoms with van der Waals surface area (Å²) in [7, 11) is 0. The Morgan fingerprint density at radius 3 is 2.44 bits per heavy atom. The normalized spacial score (nSPS) is 25.9. The summed E-state index contributed by atoms with van der Waals surface area (Å²) < 4.78 is 0. The van der Waals surface area contributed by atoms with Gasteiger partial charge in [0.25, 0.3) is 0 Å². The molecular weight excluding hydrogens is 228 g/mol. The quantitative estimate of drug-likeness (QED) is 0.652. The number of aliphatic carboxylic acids is 1. The molecule has 1 unspecified atom stereocenters. The van der Waals surface area contributed by atoms with Gasteiger partial charge in [0.05, 0.1) is 6.10 Å². The maximum absolute atomic E-state index is 10.5. The average molecular weight is 256 g/mol. The molecule has 0 aromatic carbocycles. The number of aliphatic hydroxyl groups excluding tert-OH is 1. The van der Waals surface area contributed by atoms with Crippen molar-refractivity contribution in [3.8, 4) is 0 Å². The van der Waals surface area contributed by atoms with Crippen molar-refractivity contribution in [3.05, 3.63) is 0 Å². The van der Waals surface area contributed by atoms with Crippen molar-refractivity contribution in [3.63, 3.8) is 0 Å². The van der Waals surface area contributed by atoms with Gasteiger partial charge >= 0.3 is 5.97 Å². The first-order valence-electron chi connectivity index (χ1n) is 7.53. The van der Waals surface area contributed by atoms with E-state index in [1.807, 2.05) is 0 Å². The van der Waals surface area contributed by atoms with Crippen LogP contribution in [0.15, 0.2) is 0 Å². The molecule has 18 heavy (non-hydrogen) atoms. The molecule has 1 rings (SSSR count). The zero-order chi connectivity index (χ0) is 13.4. The molecule has 2 N–H and O–H groups in total. The Hall–Kier alpha value is -0.570. The van der Waals surface area contributed by atoms with Gasteiger partial charge in [0.15, 0.2) is 0 Å². The van der Waals surface area contributed by atoms with Gasteiger partial charge in [-0.15, -0.1) is 0 Å². The molecule has 1 aliphatic rings. The lowest BCUT2D eigenvalue weighted by molar-refractivity contribution is -0.137. The highest BCUT2D eigenvalue weighted by molar-refractivity contribution is 5.66. The van der Waals surface area contributed by atoms with E-state index in [9.17, 15) is 9.90 Å². The minimum absolute atomic E-state index is 0.0948. The van der Waals surface area contributed by atoms with Gasteiger partial charge in [0, 0.05) is 6.42 Å². The molecular formula is C15H28O3. The van der Waals surface area contributed by atoms with Gasteiger partial charge in [-0.2, -0.15) is 0 Å². The van der Waals surface area contributed by atoms with Gasteiger partial charge in [-0.1, -0.05) is 45.4 Å². The van der Waals surface area contributed by atoms with E-state index in [4.69, 9.17) is 5.11 Å². The predicted octanol–water partition coefficient (Wildman–Crippen LogP) is 3.60. The Morgan fingerprint density at radius 1 is 1.22 bits per heavy atom. The van der Waals surface area contributed by atoms with Crippen LogP contribution in [0.2, 0.25) is 0 Å². The smallest absolute Gasteiger partial charge is 0.303 e. The lowest BCUT2D eigenvalue weighted by atomic mass is 9.77. The van der Waals surface area contributed by atoms with Gasteiger partial charge in [-0.25, -0.2) is 0 Å². The van der Waals surface area contributed by atoms with Crippen LogP contribution in [0.4, 0.5) is 0 Å². The summed E-state index contributed by atoms with van der Waals surface area (Å²) in [4.78, 5) is 10.5. The highest BCUT2D eigenvalue weighted by atomic mass is 16.4. The van der Waals surface area contributed by atoms with Crippen molar-refractivity contribution in [2.75, 3.05) is 0 Å². The fourth-order valence-corrected chi connectivity index (χ4v) is 3.05. The van der Waals surface area contributed by atoms with E-state index in [1.165, 1.54) is 38.5 Å². The van der Waals surface area contributed by atoms with Crippen LogP contribution in [-0.4, -0.2) is 22.3 Å². The standard InChI is InChI=1S/C15H28O3/c1-2-3-4-5-12-6-8-13(9-7-12)14(16)10-11-15(17)18/h12-14,16H,2-11H2,1H3,(H,17,18). The summed E-state index contributed by atoms with van der Waals surface area (Å²) in [5.74, 6) is 0.383. The van der Waals surface area contributed by atoms with E-state index in [0.717, 1.165) is 18.8 Å². The van der Waals surface area contributed by atoms with E-state index in [2.05, 4.69) is 6.92 Å².